The topological polar surface area (TPSA) is 198 Å². The molecule has 0 spiro atoms. The Balaban J connectivity index is 1.85. The molecule has 0 aromatic carbocycles. The van der Waals surface area contributed by atoms with E-state index in [0.717, 1.165) is 6.92 Å². The highest BCUT2D eigenvalue weighted by atomic mass is 35.5. The lowest BCUT2D eigenvalue weighted by molar-refractivity contribution is -0.166. The second kappa shape index (κ2) is 9.76. The van der Waals surface area contributed by atoms with Gasteiger partial charge in [-0.1, -0.05) is 0 Å². The number of rotatable bonds is 9. The predicted octanol–water partition coefficient (Wildman–Crippen LogP) is 0.00430. The zero-order chi connectivity index (χ0) is 24.6. The van der Waals surface area contributed by atoms with Crippen LogP contribution in [0.4, 0.5) is 5.82 Å². The first-order valence-electron chi connectivity index (χ1n) is 9.96. The van der Waals surface area contributed by atoms with Crippen molar-refractivity contribution in [2.45, 2.75) is 50.7 Å². The lowest BCUT2D eigenvalue weighted by Crippen LogP contribution is -2.43. The first kappa shape index (κ1) is 25.7. The molecule has 3 rings (SSSR count). The number of nitrogens with zero attached hydrogens (tertiary/aromatic N) is 4. The van der Waals surface area contributed by atoms with Gasteiger partial charge in [0.1, 0.15) is 18.3 Å². The van der Waals surface area contributed by atoms with Crippen LogP contribution >= 0.6 is 19.2 Å². The molecule has 2 aromatic rings. The summed E-state index contributed by atoms with van der Waals surface area (Å²) in [7, 11) is -5.13. The second-order valence-corrected chi connectivity index (χ2v) is 9.58. The minimum absolute atomic E-state index is 0.0834. The molecule has 33 heavy (non-hydrogen) atoms. The number of imidazole rings is 1. The Morgan fingerprint density at radius 3 is 2.64 bits per heavy atom. The average molecular weight is 510 g/mol. The third-order valence-electron chi connectivity index (χ3n) is 5.09. The number of carbonyl (C=O) groups excluding carboxylic acids is 1. The smallest absolute Gasteiger partial charge is 0.368 e. The van der Waals surface area contributed by atoms with Gasteiger partial charge in [-0.15, -0.1) is 0 Å². The highest BCUT2D eigenvalue weighted by Gasteiger charge is 2.54. The molecular formula is C17H25ClN5O9P. The molecule has 16 heteroatoms. The molecule has 3 heterocycles. The quantitative estimate of drug-likeness (QED) is 0.172. The standard InChI is InChI=1S/C17H25ClN5O9P/c1-4-19-12-9-13(22-16(18)21-12)23(7-20-9)14-11(25)10(24)8(32-14)6-31-17(3,33(27,28)29)15(26)30-5-2/h7-8,10-11,14,24-25H,4-6H2,1-3H3,(H,19,21,22)(H2,27,28,29). The SMILES string of the molecule is CCNc1nc(Cl)nc2c1ncn2C1OC(COC(C)(C(=O)OCC)P(=O)(O)O)C(O)C1O. The van der Waals surface area contributed by atoms with Crippen molar-refractivity contribution in [1.82, 2.24) is 19.5 Å². The van der Waals surface area contributed by atoms with Gasteiger partial charge in [0.15, 0.2) is 23.2 Å². The van der Waals surface area contributed by atoms with Gasteiger partial charge in [-0.2, -0.15) is 9.97 Å². The number of aliphatic hydroxyl groups excluding tert-OH is 2. The number of halogens is 1. The molecule has 1 aliphatic rings. The highest BCUT2D eigenvalue weighted by molar-refractivity contribution is 7.54. The first-order chi connectivity index (χ1) is 15.4. The highest BCUT2D eigenvalue weighted by Crippen LogP contribution is 2.52. The van der Waals surface area contributed by atoms with Gasteiger partial charge < -0.3 is 39.5 Å². The Bertz CT molecular complexity index is 1060. The second-order valence-electron chi connectivity index (χ2n) is 7.30. The van der Waals surface area contributed by atoms with Gasteiger partial charge in [-0.3, -0.25) is 9.13 Å². The van der Waals surface area contributed by atoms with Crippen LogP contribution in [0.25, 0.3) is 11.2 Å². The van der Waals surface area contributed by atoms with Crippen LogP contribution in [0, 0.1) is 0 Å². The largest absolute Gasteiger partial charge is 0.463 e. The van der Waals surface area contributed by atoms with Crippen molar-refractivity contribution in [2.24, 2.45) is 0 Å². The lowest BCUT2D eigenvalue weighted by atomic mass is 10.1. The third kappa shape index (κ3) is 4.84. The average Bonchev–Trinajstić information content (AvgIpc) is 3.27. The summed E-state index contributed by atoms with van der Waals surface area (Å²) in [6, 6.07) is 0. The number of fused-ring (bicyclic) bond motifs is 1. The molecule has 2 aromatic heterocycles. The Kier molecular flexibility index (Phi) is 7.61. The van der Waals surface area contributed by atoms with Crippen LogP contribution in [0.15, 0.2) is 6.33 Å². The van der Waals surface area contributed by atoms with Crippen LogP contribution in [0.2, 0.25) is 5.28 Å². The number of anilines is 1. The van der Waals surface area contributed by atoms with E-state index in [9.17, 15) is 29.4 Å². The van der Waals surface area contributed by atoms with Gasteiger partial charge in [0.2, 0.25) is 5.28 Å². The Morgan fingerprint density at radius 2 is 2.03 bits per heavy atom. The third-order valence-corrected chi connectivity index (χ3v) is 6.68. The van der Waals surface area contributed by atoms with Crippen molar-refractivity contribution in [3.63, 3.8) is 0 Å². The summed E-state index contributed by atoms with van der Waals surface area (Å²) in [5.74, 6) is -0.906. The number of aliphatic hydroxyl groups is 2. The number of ether oxygens (including phenoxy) is 3. The number of hydrogen-bond donors (Lipinski definition) is 5. The summed E-state index contributed by atoms with van der Waals surface area (Å²) in [6.45, 7) is 3.97. The van der Waals surface area contributed by atoms with E-state index in [2.05, 4.69) is 20.3 Å². The fourth-order valence-electron chi connectivity index (χ4n) is 3.23. The Morgan fingerprint density at radius 1 is 1.33 bits per heavy atom. The van der Waals surface area contributed by atoms with E-state index in [0.29, 0.717) is 17.9 Å². The summed E-state index contributed by atoms with van der Waals surface area (Å²) < 4.78 is 28.9. The zero-order valence-corrected chi connectivity index (χ0v) is 19.6. The molecule has 184 valence electrons. The number of nitrogens with one attached hydrogen (secondary N) is 1. The normalized spacial score (nSPS) is 25.2. The van der Waals surface area contributed by atoms with Crippen LogP contribution in [0.5, 0.6) is 0 Å². The molecule has 5 N–H and O–H groups in total. The molecule has 0 radical (unpaired) electrons. The predicted molar refractivity (Wildman–Crippen MR) is 113 cm³/mol. The number of aromatic nitrogens is 4. The van der Waals surface area contributed by atoms with Crippen molar-refractivity contribution in [2.75, 3.05) is 25.1 Å². The number of hydrogen-bond acceptors (Lipinski definition) is 11. The molecular weight excluding hydrogens is 485 g/mol. The fraction of sp³-hybridized carbons (Fsp3) is 0.647. The van der Waals surface area contributed by atoms with Crippen LogP contribution in [-0.2, 0) is 23.6 Å². The van der Waals surface area contributed by atoms with Crippen molar-refractivity contribution >= 4 is 42.1 Å². The van der Waals surface area contributed by atoms with E-state index >= 15 is 0 Å². The van der Waals surface area contributed by atoms with Gasteiger partial charge in [0, 0.05) is 6.54 Å². The van der Waals surface area contributed by atoms with Gasteiger partial charge in [0.05, 0.1) is 19.5 Å². The fourth-order valence-corrected chi connectivity index (χ4v) is 3.94. The van der Waals surface area contributed by atoms with Gasteiger partial charge in [-0.25, -0.2) is 9.78 Å². The molecule has 5 unspecified atom stereocenters. The van der Waals surface area contributed by atoms with Crippen molar-refractivity contribution in [3.05, 3.63) is 11.6 Å². The molecule has 1 aliphatic heterocycles. The number of carbonyl (C=O) groups is 1. The Hall–Kier alpha value is -1.90. The molecule has 0 saturated carbocycles. The van der Waals surface area contributed by atoms with E-state index in [-0.39, 0.29) is 17.5 Å². The van der Waals surface area contributed by atoms with Crippen LogP contribution in [0.3, 0.4) is 0 Å². The summed E-state index contributed by atoms with van der Waals surface area (Å²) in [5, 5.41) is 21.3. The lowest BCUT2D eigenvalue weighted by Gasteiger charge is -2.29. The maximum Gasteiger partial charge on any atom is 0.368 e. The van der Waals surface area contributed by atoms with Gasteiger partial charge in [-0.05, 0) is 32.4 Å². The number of esters is 1. The summed E-state index contributed by atoms with van der Waals surface area (Å²) >= 11 is 5.99. The van der Waals surface area contributed by atoms with E-state index in [4.69, 9.17) is 25.8 Å². The van der Waals surface area contributed by atoms with Crippen molar-refractivity contribution < 1.29 is 43.6 Å². The molecule has 0 bridgehead atoms. The molecule has 14 nitrogen and oxygen atoms in total. The molecule has 0 amide bonds. The molecule has 1 saturated heterocycles. The van der Waals surface area contributed by atoms with Crippen molar-refractivity contribution in [3.8, 4) is 0 Å². The minimum atomic E-state index is -5.13. The monoisotopic (exact) mass is 509 g/mol. The summed E-state index contributed by atoms with van der Waals surface area (Å²) in [6.07, 6.45) is -4.15. The van der Waals surface area contributed by atoms with E-state index in [1.165, 1.54) is 17.8 Å². The van der Waals surface area contributed by atoms with Crippen LogP contribution in [-0.4, -0.2) is 88.9 Å². The molecule has 0 aliphatic carbocycles. The van der Waals surface area contributed by atoms with Crippen LogP contribution < -0.4 is 5.32 Å². The molecule has 5 atom stereocenters. The Labute approximate surface area is 193 Å². The summed E-state index contributed by atoms with van der Waals surface area (Å²) in [5.41, 5.74) is 0.568. The zero-order valence-electron chi connectivity index (χ0n) is 18.0. The van der Waals surface area contributed by atoms with Gasteiger partial charge >= 0.3 is 13.6 Å². The van der Waals surface area contributed by atoms with E-state index < -0.39 is 50.1 Å². The molecule has 1 fully saturated rings. The maximum atomic E-state index is 12.1. The first-order valence-corrected chi connectivity index (χ1v) is 12.0. The van der Waals surface area contributed by atoms with Crippen molar-refractivity contribution in [1.29, 1.82) is 0 Å². The van der Waals surface area contributed by atoms with E-state index in [1.54, 1.807) is 0 Å². The minimum Gasteiger partial charge on any atom is -0.463 e. The van der Waals surface area contributed by atoms with Crippen LogP contribution in [0.1, 0.15) is 27.0 Å². The maximum absolute atomic E-state index is 12.1. The van der Waals surface area contributed by atoms with E-state index in [1.807, 2.05) is 6.92 Å². The van der Waals surface area contributed by atoms with Gasteiger partial charge in [0.25, 0.3) is 5.34 Å². The summed E-state index contributed by atoms with van der Waals surface area (Å²) in [4.78, 5) is 43.8.